The first-order chi connectivity index (χ1) is 20.3. The van der Waals surface area contributed by atoms with Gasteiger partial charge in [-0.2, -0.15) is 26.3 Å². The van der Waals surface area contributed by atoms with Crippen LogP contribution in [0.4, 0.5) is 30.7 Å². The molecule has 2 saturated heterocycles. The van der Waals surface area contributed by atoms with Crippen LogP contribution >= 0.6 is 0 Å². The number of carboxylic acids is 1. The van der Waals surface area contributed by atoms with E-state index in [9.17, 15) is 45.4 Å². The largest absolute Gasteiger partial charge is 0.481 e. The quantitative estimate of drug-likeness (QED) is 0.376. The first kappa shape index (κ1) is 32.2. The van der Waals surface area contributed by atoms with E-state index in [4.69, 9.17) is 5.73 Å². The second kappa shape index (κ2) is 10.7. The van der Waals surface area contributed by atoms with E-state index in [1.54, 1.807) is 13.0 Å². The molecule has 1 amide bonds. The molecule has 6 atom stereocenters. The molecule has 3 aliphatic rings. The van der Waals surface area contributed by atoms with Crippen molar-refractivity contribution < 1.29 is 45.4 Å². The highest BCUT2D eigenvalue weighted by molar-refractivity contribution is 5.87. The number of hydrogen-bond acceptors (Lipinski definition) is 4. The molecule has 3 fully saturated rings. The molecule has 0 radical (unpaired) electrons. The van der Waals surface area contributed by atoms with Gasteiger partial charge in [-0.05, 0) is 86.1 Å². The average molecular weight is 630 g/mol. The number of hydrogen-bond donors (Lipinski definition) is 2. The molecule has 1 saturated carbocycles. The summed E-state index contributed by atoms with van der Waals surface area (Å²) in [4.78, 5) is 29.7. The molecule has 0 spiro atoms. The Morgan fingerprint density at radius 1 is 1.05 bits per heavy atom. The third-order valence-corrected chi connectivity index (χ3v) is 10.0. The monoisotopic (exact) mass is 629 g/mol. The van der Waals surface area contributed by atoms with Crippen molar-refractivity contribution in [2.24, 2.45) is 17.1 Å². The highest BCUT2D eigenvalue weighted by atomic mass is 19.4. The van der Waals surface area contributed by atoms with Crippen LogP contribution in [-0.2, 0) is 21.9 Å². The molecular formula is C31H34F7N3O3. The zero-order valence-corrected chi connectivity index (χ0v) is 24.4. The first-order valence-corrected chi connectivity index (χ1v) is 14.4. The second-order valence-electron chi connectivity index (χ2n) is 12.8. The van der Waals surface area contributed by atoms with Gasteiger partial charge < -0.3 is 15.7 Å². The van der Waals surface area contributed by atoms with Gasteiger partial charge in [-0.1, -0.05) is 13.0 Å². The van der Waals surface area contributed by atoms with E-state index in [1.165, 1.54) is 30.9 Å². The number of fused-ring (bicyclic) bond motifs is 1. The van der Waals surface area contributed by atoms with E-state index in [-0.39, 0.29) is 30.1 Å². The molecular weight excluding hydrogens is 595 g/mol. The van der Waals surface area contributed by atoms with Crippen molar-refractivity contribution in [3.05, 3.63) is 70.0 Å². The van der Waals surface area contributed by atoms with Gasteiger partial charge in [0.05, 0.1) is 28.1 Å². The fraction of sp³-hybridized carbons (Fsp3) is 0.548. The van der Waals surface area contributed by atoms with Crippen molar-refractivity contribution in [3.63, 3.8) is 0 Å². The summed E-state index contributed by atoms with van der Waals surface area (Å²) in [5.41, 5.74) is 1.64. The summed E-state index contributed by atoms with van der Waals surface area (Å²) in [5, 5.41) is 9.74. The zero-order valence-electron chi connectivity index (χ0n) is 24.4. The van der Waals surface area contributed by atoms with Gasteiger partial charge in [-0.3, -0.25) is 14.5 Å². The topological polar surface area (TPSA) is 86.9 Å². The predicted molar refractivity (Wildman–Crippen MR) is 146 cm³/mol. The first-order valence-electron chi connectivity index (χ1n) is 14.4. The van der Waals surface area contributed by atoms with Crippen molar-refractivity contribution in [2.75, 3.05) is 19.6 Å². The normalized spacial score (nSPS) is 27.9. The summed E-state index contributed by atoms with van der Waals surface area (Å²) >= 11 is 0. The molecule has 240 valence electrons. The maximum atomic E-state index is 14.2. The van der Waals surface area contributed by atoms with Crippen LogP contribution in [0.25, 0.3) is 0 Å². The van der Waals surface area contributed by atoms with Crippen molar-refractivity contribution in [3.8, 4) is 0 Å². The minimum absolute atomic E-state index is 0.0286. The number of halogens is 7. The number of amides is 1. The van der Waals surface area contributed by atoms with Crippen molar-refractivity contribution in [1.82, 2.24) is 9.80 Å². The Kier molecular flexibility index (Phi) is 7.84. The van der Waals surface area contributed by atoms with Crippen LogP contribution in [0.1, 0.15) is 72.9 Å². The van der Waals surface area contributed by atoms with Gasteiger partial charge >= 0.3 is 18.3 Å². The fourth-order valence-corrected chi connectivity index (χ4v) is 7.03. The molecule has 2 aliphatic heterocycles. The number of aliphatic carboxylic acids is 1. The maximum absolute atomic E-state index is 14.2. The van der Waals surface area contributed by atoms with Crippen molar-refractivity contribution in [2.45, 2.75) is 75.9 Å². The smallest absolute Gasteiger partial charge is 0.416 e. The van der Waals surface area contributed by atoms with Crippen LogP contribution in [0, 0.1) is 24.1 Å². The summed E-state index contributed by atoms with van der Waals surface area (Å²) in [6.45, 7) is 5.42. The molecule has 6 nitrogen and oxygen atoms in total. The van der Waals surface area contributed by atoms with Crippen LogP contribution in [0.15, 0.2) is 36.4 Å². The molecule has 1 aliphatic carbocycles. The molecule has 0 aromatic heterocycles. The number of carbonyl (C=O) groups is 2. The lowest BCUT2D eigenvalue weighted by Crippen LogP contribution is -2.59. The number of carbonyl (C=O) groups excluding carboxylic acids is 1. The Bertz CT molecular complexity index is 1440. The fourth-order valence-electron chi connectivity index (χ4n) is 7.03. The third-order valence-electron chi connectivity index (χ3n) is 10.0. The number of piperidine rings is 2. The number of rotatable bonds is 6. The molecule has 44 heavy (non-hydrogen) atoms. The Labute approximate surface area is 250 Å². The molecule has 5 rings (SSSR count). The van der Waals surface area contributed by atoms with E-state index < -0.39 is 64.1 Å². The number of alkyl halides is 6. The van der Waals surface area contributed by atoms with E-state index in [0.717, 1.165) is 0 Å². The van der Waals surface area contributed by atoms with E-state index in [2.05, 4.69) is 4.90 Å². The molecule has 0 bridgehead atoms. The molecule has 2 heterocycles. The lowest BCUT2D eigenvalue weighted by Gasteiger charge is -2.47. The molecule has 2 aromatic carbocycles. The molecule has 3 N–H and O–H groups in total. The van der Waals surface area contributed by atoms with Gasteiger partial charge in [0.2, 0.25) is 5.91 Å². The second-order valence-corrected chi connectivity index (χ2v) is 12.8. The highest BCUT2D eigenvalue weighted by Gasteiger charge is 2.66. The van der Waals surface area contributed by atoms with Crippen LogP contribution in [0.3, 0.4) is 0 Å². The maximum Gasteiger partial charge on any atom is 0.416 e. The molecule has 1 unspecified atom stereocenters. The third kappa shape index (κ3) is 5.68. The summed E-state index contributed by atoms with van der Waals surface area (Å²) in [5.74, 6) is -3.20. The highest BCUT2D eigenvalue weighted by Crippen LogP contribution is 2.59. The van der Waals surface area contributed by atoms with Gasteiger partial charge in [0.15, 0.2) is 0 Å². The standard InChI is InChI=1S/C31H34F7N3O3/c1-16-8-22(32)4-5-24(16)25-12-23(40-14-21-13-29(21,15-40)27(43)44)6-7-41(25)26(42)28(3,39)17(2)18-9-19(30(33,34)35)11-20(10-18)31(36,37)38/h4-5,8-11,17,21,23,25H,6-7,12-15,39H2,1-3H3,(H,43,44)/t17-,21-,23-,25+,28?,29-/m0/s1. The Morgan fingerprint density at radius 3 is 2.18 bits per heavy atom. The van der Waals surface area contributed by atoms with Crippen LogP contribution in [0.2, 0.25) is 0 Å². The number of aryl methyl sites for hydroxylation is 1. The minimum atomic E-state index is -5.06. The van der Waals surface area contributed by atoms with E-state index in [0.29, 0.717) is 55.6 Å². The van der Waals surface area contributed by atoms with Crippen molar-refractivity contribution in [1.29, 1.82) is 0 Å². The van der Waals surface area contributed by atoms with Gasteiger partial charge in [0, 0.05) is 31.6 Å². The average Bonchev–Trinajstić information content (AvgIpc) is 3.51. The molecule has 13 heteroatoms. The van der Waals surface area contributed by atoms with Gasteiger partial charge in [-0.25, -0.2) is 4.39 Å². The van der Waals surface area contributed by atoms with Crippen LogP contribution < -0.4 is 5.73 Å². The summed E-state index contributed by atoms with van der Waals surface area (Å²) in [6.07, 6.45) is -8.68. The van der Waals surface area contributed by atoms with E-state index in [1.807, 2.05) is 0 Å². The van der Waals surface area contributed by atoms with Crippen LogP contribution in [-0.4, -0.2) is 58.0 Å². The number of nitrogens with two attached hydrogens (primary N) is 1. The number of likely N-dealkylation sites (tertiary alicyclic amines) is 2. The summed E-state index contributed by atoms with van der Waals surface area (Å²) in [7, 11) is 0. The lowest BCUT2D eigenvalue weighted by atomic mass is 9.79. The van der Waals surface area contributed by atoms with Crippen molar-refractivity contribution >= 4 is 11.9 Å². The number of benzene rings is 2. The van der Waals surface area contributed by atoms with Gasteiger partial charge in [0.1, 0.15) is 5.82 Å². The zero-order chi connectivity index (χ0) is 32.6. The number of nitrogens with zero attached hydrogens (tertiary/aromatic N) is 2. The minimum Gasteiger partial charge on any atom is -0.481 e. The Hall–Kier alpha value is -3.19. The van der Waals surface area contributed by atoms with Gasteiger partial charge in [0.25, 0.3) is 0 Å². The SMILES string of the molecule is Cc1cc(F)ccc1[C@H]1C[C@@H](N2C[C@@H]3C[C@]3(C(=O)O)C2)CCN1C(=O)C(C)(N)[C@@H](C)c1cc(C(F)(F)F)cc(C(F)(F)F)c1. The van der Waals surface area contributed by atoms with Gasteiger partial charge in [-0.15, -0.1) is 0 Å². The molecule has 2 aromatic rings. The number of carboxylic acid groups (broad SMARTS) is 1. The van der Waals surface area contributed by atoms with Crippen LogP contribution in [0.5, 0.6) is 0 Å². The lowest BCUT2D eigenvalue weighted by molar-refractivity contribution is -0.144. The summed E-state index contributed by atoms with van der Waals surface area (Å²) < 4.78 is 95.5. The Balaban J connectivity index is 1.46. The Morgan fingerprint density at radius 2 is 1.66 bits per heavy atom. The van der Waals surface area contributed by atoms with E-state index >= 15 is 0 Å². The summed E-state index contributed by atoms with van der Waals surface area (Å²) in [6, 6.07) is 4.59. The predicted octanol–water partition coefficient (Wildman–Crippen LogP) is 6.13.